The number of anilines is 3. The molecular formula is C84H62IN2OS2-. The van der Waals surface area contributed by atoms with Gasteiger partial charge in [0.05, 0.1) is 0 Å². The summed E-state index contributed by atoms with van der Waals surface area (Å²) in [5.41, 5.74) is 22.2. The van der Waals surface area contributed by atoms with Crippen LogP contribution < -0.4 is 30.8 Å². The molecule has 434 valence electrons. The van der Waals surface area contributed by atoms with Crippen LogP contribution in [0.2, 0.25) is 0 Å². The van der Waals surface area contributed by atoms with Crippen molar-refractivity contribution in [3.63, 3.8) is 0 Å². The summed E-state index contributed by atoms with van der Waals surface area (Å²) < 4.78 is 14.4. The Labute approximate surface area is 544 Å². The van der Waals surface area contributed by atoms with E-state index in [0.29, 0.717) is 3.92 Å². The molecule has 5 heterocycles. The Kier molecular flexibility index (Phi) is 12.8. The van der Waals surface area contributed by atoms with Gasteiger partial charge in [0, 0.05) is 52.9 Å². The summed E-state index contributed by atoms with van der Waals surface area (Å²) in [6, 6.07) is 89.2. The summed E-state index contributed by atoms with van der Waals surface area (Å²) in [7, 11) is 0. The average molecular weight is 1310 g/mol. The first-order valence-corrected chi connectivity index (χ1v) is 36.0. The molecular weight excluding hydrogens is 1240 g/mol. The molecule has 0 N–H and O–H groups in total. The number of halogens is 1. The molecule has 0 bridgehead atoms. The molecule has 10 aromatic carbocycles. The number of ether oxygens (including phenoxy) is 1. The van der Waals surface area contributed by atoms with Gasteiger partial charge in [0.2, 0.25) is 0 Å². The number of nitrogens with zero attached hydrogens (tertiary/aromatic N) is 2. The number of hydrogen-bond acceptors (Lipinski definition) is 5. The van der Waals surface area contributed by atoms with Crippen LogP contribution >= 0.6 is 22.7 Å². The van der Waals surface area contributed by atoms with Crippen molar-refractivity contribution in [1.82, 2.24) is 4.98 Å². The monoisotopic (exact) mass is 1310 g/mol. The molecule has 6 heteroatoms. The van der Waals surface area contributed by atoms with Gasteiger partial charge in [-0.15, -0.1) is 22.7 Å². The first-order chi connectivity index (χ1) is 44.4. The topological polar surface area (TPSA) is 25.4 Å². The zero-order chi connectivity index (χ0) is 59.7. The van der Waals surface area contributed by atoms with Gasteiger partial charge in [-0.1, -0.05) is 116 Å². The summed E-state index contributed by atoms with van der Waals surface area (Å²) in [5, 5.41) is 5.20. The summed E-state index contributed by atoms with van der Waals surface area (Å²) in [6.45, 7) is 5.02. The molecule has 0 radical (unpaired) electrons. The standard InChI is InChI=1S/C84H62IN2OS2/c1-52-32-35-62(55-38-40-83(2,41-39-55)71(43-53-19-6-3-7-20-53)58-44-66(54-21-8-4-9-22-54)81-68(45-58)63-26-12-16-30-77(63)89-81)79-65-36-34-60(49-72(65)84(80(52)79)70-28-14-15-29-75(70)88-76-37-33-56(46-73(76)84)74-50-85-74)87(59-24-10-5-11-25-59)61-47-67(57-23-18-42-86-51-57)82-69(48-61)64-27-13-17-31-78(64)90-82/h3-31,33-40,42,44-49,51-52,71,74H,32,41,43,50H2,1-2H3/q-1. The van der Waals surface area contributed by atoms with Gasteiger partial charge in [-0.05, 0) is 64.9 Å². The quantitative estimate of drug-likeness (QED) is 0.0953. The third-order valence-electron chi connectivity index (χ3n) is 20.1. The first kappa shape index (κ1) is 54.1. The molecule has 13 aromatic rings. The zero-order valence-corrected chi connectivity index (χ0v) is 53.8. The van der Waals surface area contributed by atoms with Crippen molar-refractivity contribution < 1.29 is 25.9 Å². The predicted octanol–water partition coefficient (Wildman–Crippen LogP) is 19.9. The van der Waals surface area contributed by atoms with E-state index in [1.807, 2.05) is 35.1 Å². The Morgan fingerprint density at radius 1 is 0.578 bits per heavy atom. The third-order valence-corrected chi connectivity index (χ3v) is 25.0. The molecule has 0 saturated carbocycles. The van der Waals surface area contributed by atoms with Crippen molar-refractivity contribution >= 4 is 85.7 Å². The van der Waals surface area contributed by atoms with Crippen LogP contribution in [0.25, 0.3) is 68.2 Å². The van der Waals surface area contributed by atoms with Crippen LogP contribution in [0.4, 0.5) is 17.1 Å². The number of alkyl halides is 2. The van der Waals surface area contributed by atoms with Gasteiger partial charge >= 0.3 is 287 Å². The number of pyridine rings is 1. The van der Waals surface area contributed by atoms with E-state index in [4.69, 9.17) is 4.74 Å². The van der Waals surface area contributed by atoms with Crippen LogP contribution in [0.15, 0.2) is 290 Å². The SMILES string of the molecule is CC1CC=C(C2=CCC(C)(C(Cc3ccccc3)c3cc(-c4ccccc4)c4sc5ccccc5c4c3)C=C2)C2=C1C1(c3ccccc3Oc3ccc(C4C[I-]4)cc31)c1cc(N(c3ccccc3)c3cc(-c4cccnc4)c4sc5ccccc5c4c3)ccc12. The number of para-hydroxylation sites is 2. The van der Waals surface area contributed by atoms with Gasteiger partial charge in [-0.2, -0.15) is 0 Å². The van der Waals surface area contributed by atoms with Gasteiger partial charge in [0.1, 0.15) is 0 Å². The van der Waals surface area contributed by atoms with Crippen molar-refractivity contribution in [1.29, 1.82) is 0 Å². The van der Waals surface area contributed by atoms with Crippen LogP contribution in [-0.4, -0.2) is 9.41 Å². The molecule has 90 heavy (non-hydrogen) atoms. The van der Waals surface area contributed by atoms with E-state index >= 15 is 0 Å². The van der Waals surface area contributed by atoms with Crippen molar-refractivity contribution in [2.24, 2.45) is 11.3 Å². The number of fused-ring (bicyclic) bond motifs is 14. The Hall–Kier alpha value is -8.92. The fourth-order valence-electron chi connectivity index (χ4n) is 15.8. The summed E-state index contributed by atoms with van der Waals surface area (Å²) >= 11 is 3.94. The van der Waals surface area contributed by atoms with E-state index in [2.05, 4.69) is 285 Å². The van der Waals surface area contributed by atoms with Gasteiger partial charge in [0.15, 0.2) is 0 Å². The van der Waals surface area contributed by atoms with Crippen molar-refractivity contribution in [2.45, 2.75) is 48.4 Å². The Bertz CT molecular complexity index is 5190. The second-order valence-corrected chi connectivity index (χ2v) is 30.8. The van der Waals surface area contributed by atoms with E-state index in [9.17, 15) is 0 Å². The number of hydrogen-bond donors (Lipinski definition) is 0. The Balaban J connectivity index is 0.825. The van der Waals surface area contributed by atoms with Crippen molar-refractivity contribution in [3.8, 4) is 33.8 Å². The van der Waals surface area contributed by atoms with E-state index in [-0.39, 0.29) is 38.5 Å². The molecule has 18 rings (SSSR count). The summed E-state index contributed by atoms with van der Waals surface area (Å²) in [5.74, 6) is 2.31. The first-order valence-electron chi connectivity index (χ1n) is 31.6. The molecule has 5 unspecified atom stereocenters. The molecule has 3 aromatic heterocycles. The Morgan fingerprint density at radius 3 is 1.99 bits per heavy atom. The fourth-order valence-corrected chi connectivity index (χ4v) is 19.9. The van der Waals surface area contributed by atoms with Crippen LogP contribution in [0.1, 0.15) is 75.5 Å². The van der Waals surface area contributed by atoms with E-state index in [1.54, 1.807) is 0 Å². The number of allylic oxidation sites excluding steroid dienone is 8. The molecule has 0 amide bonds. The molecule has 1 saturated heterocycles. The second kappa shape index (κ2) is 21.4. The maximum absolute atomic E-state index is 7.16. The van der Waals surface area contributed by atoms with Crippen LogP contribution in [0, 0.1) is 11.3 Å². The molecule has 5 aliphatic rings. The minimum atomic E-state index is -0.640. The second-order valence-electron chi connectivity index (χ2n) is 25.4. The van der Waals surface area contributed by atoms with E-state index in [1.165, 1.54) is 123 Å². The molecule has 2 aliphatic heterocycles. The maximum atomic E-state index is 7.16. The van der Waals surface area contributed by atoms with Gasteiger partial charge in [-0.25, -0.2) is 0 Å². The van der Waals surface area contributed by atoms with E-state index in [0.717, 1.165) is 53.4 Å². The van der Waals surface area contributed by atoms with Gasteiger partial charge in [0.25, 0.3) is 0 Å². The predicted molar refractivity (Wildman–Crippen MR) is 374 cm³/mol. The van der Waals surface area contributed by atoms with Crippen molar-refractivity contribution in [3.05, 3.63) is 329 Å². The fraction of sp³-hybridized carbons (Fsp3) is 0.131. The van der Waals surface area contributed by atoms with Gasteiger partial charge in [-0.3, -0.25) is 4.98 Å². The van der Waals surface area contributed by atoms with Crippen molar-refractivity contribution in [2.75, 3.05) is 9.33 Å². The zero-order valence-electron chi connectivity index (χ0n) is 50.0. The van der Waals surface area contributed by atoms with E-state index < -0.39 is 5.41 Å². The number of aromatic nitrogens is 1. The molecule has 1 fully saturated rings. The average Bonchev–Trinajstić information content (AvgIpc) is 1.48. The third kappa shape index (κ3) is 8.65. The number of benzene rings is 10. The molecule has 3 nitrogen and oxygen atoms in total. The molecule has 3 aliphatic carbocycles. The molecule has 5 atom stereocenters. The van der Waals surface area contributed by atoms with Gasteiger partial charge < -0.3 is 0 Å². The molecule has 1 spiro atoms. The van der Waals surface area contributed by atoms with Crippen LogP contribution in [0.3, 0.4) is 0 Å². The minimum absolute atomic E-state index is 0.144. The number of rotatable bonds is 11. The van der Waals surface area contributed by atoms with Crippen LogP contribution in [0.5, 0.6) is 11.5 Å². The van der Waals surface area contributed by atoms with Crippen LogP contribution in [-0.2, 0) is 11.8 Å². The summed E-state index contributed by atoms with van der Waals surface area (Å²) in [6.07, 6.45) is 17.0. The summed E-state index contributed by atoms with van der Waals surface area (Å²) in [4.78, 5) is 7.18. The number of thiophene rings is 2. The Morgan fingerprint density at radius 2 is 1.26 bits per heavy atom. The normalized spacial score (nSPS) is 20.0.